The van der Waals surface area contributed by atoms with Crippen LogP contribution >= 0.6 is 15.9 Å². The quantitative estimate of drug-likeness (QED) is 0.232. The minimum atomic E-state index is -4.69. The molecule has 1 fully saturated rings. The molecule has 1 aliphatic rings. The van der Waals surface area contributed by atoms with Crippen molar-refractivity contribution >= 4 is 33.2 Å². The molecule has 37 heavy (non-hydrogen) atoms. The van der Waals surface area contributed by atoms with E-state index in [9.17, 15) is 28.1 Å². The molecule has 8 nitrogen and oxygen atoms in total. The molecular weight excluding hydrogens is 557 g/mol. The third-order valence-electron chi connectivity index (χ3n) is 6.23. The molecule has 12 heteroatoms. The van der Waals surface area contributed by atoms with E-state index in [4.69, 9.17) is 4.74 Å². The molecule has 1 N–H and O–H groups in total. The number of hydrogen-bond donors (Lipinski definition) is 1. The molecule has 1 saturated carbocycles. The number of halogens is 4. The number of rotatable bonds is 7. The SMILES string of the molecule is Cc1cc(C)c(C)c(Oc2cc(NC(=O)C(C)n3nc(C(F)(F)F)c(Br)c3C3CC3)cc([N+](=O)[O-])c2)c1. The summed E-state index contributed by atoms with van der Waals surface area (Å²) < 4.78 is 47.3. The van der Waals surface area contributed by atoms with Gasteiger partial charge in [0.1, 0.15) is 17.5 Å². The zero-order valence-electron chi connectivity index (χ0n) is 20.4. The van der Waals surface area contributed by atoms with Crippen LogP contribution in [0.25, 0.3) is 0 Å². The molecule has 1 amide bonds. The van der Waals surface area contributed by atoms with Gasteiger partial charge in [-0.15, -0.1) is 0 Å². The number of non-ortho nitro benzene ring substituents is 1. The molecule has 1 unspecified atom stereocenters. The van der Waals surface area contributed by atoms with Gasteiger partial charge in [-0.05, 0) is 79.2 Å². The van der Waals surface area contributed by atoms with Crippen molar-refractivity contribution < 1.29 is 27.6 Å². The van der Waals surface area contributed by atoms with Gasteiger partial charge < -0.3 is 10.1 Å². The second-order valence-corrected chi connectivity index (χ2v) is 10.0. The highest BCUT2D eigenvalue weighted by atomic mass is 79.9. The first-order chi connectivity index (χ1) is 17.3. The normalized spacial score (nSPS) is 14.4. The van der Waals surface area contributed by atoms with Gasteiger partial charge in [0.2, 0.25) is 5.91 Å². The Balaban J connectivity index is 1.65. The third kappa shape index (κ3) is 5.63. The van der Waals surface area contributed by atoms with E-state index in [1.54, 1.807) is 6.07 Å². The predicted molar refractivity (Wildman–Crippen MR) is 134 cm³/mol. The molecule has 1 aliphatic carbocycles. The van der Waals surface area contributed by atoms with Crippen molar-refractivity contribution in [1.82, 2.24) is 9.78 Å². The van der Waals surface area contributed by atoms with Gasteiger partial charge in [-0.2, -0.15) is 18.3 Å². The summed E-state index contributed by atoms with van der Waals surface area (Å²) in [5.41, 5.74) is 1.75. The van der Waals surface area contributed by atoms with Gasteiger partial charge in [0.05, 0.1) is 26.8 Å². The van der Waals surface area contributed by atoms with E-state index in [0.717, 1.165) is 27.4 Å². The van der Waals surface area contributed by atoms with Crippen molar-refractivity contribution in [2.24, 2.45) is 0 Å². The van der Waals surface area contributed by atoms with Crippen LogP contribution in [0.4, 0.5) is 24.5 Å². The fourth-order valence-corrected chi connectivity index (χ4v) is 4.85. The topological polar surface area (TPSA) is 99.3 Å². The van der Waals surface area contributed by atoms with Crippen LogP contribution in [-0.4, -0.2) is 20.6 Å². The third-order valence-corrected chi connectivity index (χ3v) is 7.01. The lowest BCUT2D eigenvalue weighted by molar-refractivity contribution is -0.384. The number of aromatic nitrogens is 2. The van der Waals surface area contributed by atoms with Gasteiger partial charge in [-0.3, -0.25) is 19.6 Å². The van der Waals surface area contributed by atoms with Crippen molar-refractivity contribution in [2.75, 3.05) is 5.32 Å². The summed E-state index contributed by atoms with van der Waals surface area (Å²) in [6.45, 7) is 7.10. The number of nitrogens with one attached hydrogen (secondary N) is 1. The number of benzene rings is 2. The number of aryl methyl sites for hydroxylation is 2. The van der Waals surface area contributed by atoms with Crippen LogP contribution in [0.1, 0.15) is 59.8 Å². The Labute approximate surface area is 219 Å². The molecule has 1 aromatic heterocycles. The van der Waals surface area contributed by atoms with E-state index in [0.29, 0.717) is 24.3 Å². The first kappa shape index (κ1) is 26.6. The number of carbonyl (C=O) groups is 1. The molecule has 196 valence electrons. The highest BCUT2D eigenvalue weighted by Crippen LogP contribution is 2.48. The van der Waals surface area contributed by atoms with E-state index in [1.165, 1.54) is 19.1 Å². The molecule has 4 rings (SSSR count). The zero-order chi connectivity index (χ0) is 27.2. The second kappa shape index (κ2) is 9.81. The Bertz CT molecular complexity index is 1400. The summed E-state index contributed by atoms with van der Waals surface area (Å²) in [5.74, 6) is -0.171. The minimum absolute atomic E-state index is 0.0679. The fraction of sp³-hybridized carbons (Fsp3) is 0.360. The first-order valence-corrected chi connectivity index (χ1v) is 12.3. The maximum absolute atomic E-state index is 13.5. The van der Waals surface area contributed by atoms with Gasteiger partial charge in [-0.25, -0.2) is 0 Å². The average molecular weight is 581 g/mol. The fourth-order valence-electron chi connectivity index (χ4n) is 4.04. The highest BCUT2D eigenvalue weighted by molar-refractivity contribution is 9.10. The second-order valence-electron chi connectivity index (χ2n) is 9.21. The van der Waals surface area contributed by atoms with Gasteiger partial charge in [-0.1, -0.05) is 6.07 Å². The van der Waals surface area contributed by atoms with Crippen LogP contribution in [0.5, 0.6) is 11.5 Å². The van der Waals surface area contributed by atoms with Gasteiger partial charge in [0.15, 0.2) is 5.69 Å². The number of nitro groups is 1. The van der Waals surface area contributed by atoms with Crippen LogP contribution in [0.3, 0.4) is 0 Å². The summed E-state index contributed by atoms with van der Waals surface area (Å²) in [7, 11) is 0. The van der Waals surface area contributed by atoms with Crippen molar-refractivity contribution in [3.8, 4) is 11.5 Å². The zero-order valence-corrected chi connectivity index (χ0v) is 22.0. The smallest absolute Gasteiger partial charge is 0.436 e. The molecule has 0 aliphatic heterocycles. The first-order valence-electron chi connectivity index (χ1n) is 11.5. The number of hydrogen-bond acceptors (Lipinski definition) is 5. The van der Waals surface area contributed by atoms with Crippen molar-refractivity contribution in [3.05, 3.63) is 73.0 Å². The maximum Gasteiger partial charge on any atom is 0.436 e. The van der Waals surface area contributed by atoms with E-state index in [-0.39, 0.29) is 27.5 Å². The largest absolute Gasteiger partial charge is 0.457 e. The molecular formula is C25H24BrF3N4O4. The number of carbonyl (C=O) groups excluding carboxylic acids is 1. The number of nitro benzene ring substituents is 1. The number of ether oxygens (including phenoxy) is 1. The predicted octanol–water partition coefficient (Wildman–Crippen LogP) is 7.37. The summed E-state index contributed by atoms with van der Waals surface area (Å²) in [5, 5.41) is 17.8. The van der Waals surface area contributed by atoms with E-state index in [2.05, 4.69) is 26.3 Å². The van der Waals surface area contributed by atoms with Crippen molar-refractivity contribution in [2.45, 2.75) is 58.7 Å². The number of nitrogens with zero attached hydrogens (tertiary/aromatic N) is 3. The average Bonchev–Trinajstić information content (AvgIpc) is 3.57. The minimum Gasteiger partial charge on any atom is -0.457 e. The molecule has 0 bridgehead atoms. The molecule has 0 spiro atoms. The molecule has 1 heterocycles. The Morgan fingerprint density at radius 2 is 1.89 bits per heavy atom. The van der Waals surface area contributed by atoms with Gasteiger partial charge >= 0.3 is 6.18 Å². The molecule has 1 atom stereocenters. The van der Waals surface area contributed by atoms with E-state index in [1.807, 2.05) is 26.8 Å². The lowest BCUT2D eigenvalue weighted by Crippen LogP contribution is -2.26. The molecule has 3 aromatic rings. The van der Waals surface area contributed by atoms with Crippen LogP contribution in [0.15, 0.2) is 34.8 Å². The van der Waals surface area contributed by atoms with E-state index >= 15 is 0 Å². The number of anilines is 1. The van der Waals surface area contributed by atoms with Gasteiger partial charge in [0.25, 0.3) is 5.69 Å². The van der Waals surface area contributed by atoms with Crippen molar-refractivity contribution in [1.29, 1.82) is 0 Å². The van der Waals surface area contributed by atoms with E-state index < -0.39 is 28.7 Å². The molecule has 0 saturated heterocycles. The molecule has 0 radical (unpaired) electrons. The summed E-state index contributed by atoms with van der Waals surface area (Å²) >= 11 is 3.02. The van der Waals surface area contributed by atoms with Crippen LogP contribution in [0.2, 0.25) is 0 Å². The lowest BCUT2D eigenvalue weighted by atomic mass is 10.1. The maximum atomic E-state index is 13.5. The highest BCUT2D eigenvalue weighted by Gasteiger charge is 2.43. The summed E-state index contributed by atoms with van der Waals surface area (Å²) in [6, 6.07) is 6.49. The molecule has 2 aromatic carbocycles. The van der Waals surface area contributed by atoms with Crippen LogP contribution < -0.4 is 10.1 Å². The summed E-state index contributed by atoms with van der Waals surface area (Å²) in [4.78, 5) is 24.0. The van der Waals surface area contributed by atoms with Crippen LogP contribution in [-0.2, 0) is 11.0 Å². The number of amides is 1. The van der Waals surface area contributed by atoms with Crippen molar-refractivity contribution in [3.63, 3.8) is 0 Å². The monoisotopic (exact) mass is 580 g/mol. The Morgan fingerprint density at radius 3 is 2.49 bits per heavy atom. The Morgan fingerprint density at radius 1 is 1.22 bits per heavy atom. The lowest BCUT2D eigenvalue weighted by Gasteiger charge is -2.17. The Kier molecular flexibility index (Phi) is 7.06. The number of alkyl halides is 3. The Hall–Kier alpha value is -3.41. The van der Waals surface area contributed by atoms with Crippen LogP contribution in [0, 0.1) is 30.9 Å². The summed E-state index contributed by atoms with van der Waals surface area (Å²) in [6.07, 6.45) is -3.30. The van der Waals surface area contributed by atoms with Gasteiger partial charge in [0, 0.05) is 18.1 Å². The standard InChI is InChI=1S/C25H24BrF3N4O4/c1-12-7-13(2)14(3)20(8-12)37-19-10-17(9-18(11-19)33(35)36)30-24(34)15(4)32-22(16-5-6-16)21(26)23(31-32)25(27,28)29/h7-11,15-16H,5-6H2,1-4H3,(H,30,34).